The second-order valence-electron chi connectivity index (χ2n) is 8.55. The second-order valence-corrected chi connectivity index (χ2v) is 11.2. The van der Waals surface area contributed by atoms with E-state index in [4.69, 9.17) is 0 Å². The van der Waals surface area contributed by atoms with E-state index in [2.05, 4.69) is 53.4 Å². The maximum atomic E-state index is 12.3. The van der Waals surface area contributed by atoms with Gasteiger partial charge < -0.3 is 4.90 Å². The van der Waals surface area contributed by atoms with Crippen molar-refractivity contribution in [2.75, 3.05) is 17.2 Å². The molecule has 0 unspecified atom stereocenters. The molecule has 4 nitrogen and oxygen atoms in total. The standard InChI is InChI=1S/C25H33NO3S/c1-20(2)30(28,29)17-7-3-4-10-25(27)18-21-11-13-24(14-12-21)26-16-15-22-8-5-6-9-23(22)19-26/h5-6,8-9,11-14,20H,3-4,7,10,15-19H2,1-2H3. The van der Waals surface area contributed by atoms with Gasteiger partial charge in [0.05, 0.1) is 11.0 Å². The molecule has 30 heavy (non-hydrogen) atoms. The van der Waals surface area contributed by atoms with Gasteiger partial charge in [0.15, 0.2) is 9.84 Å². The van der Waals surface area contributed by atoms with Crippen LogP contribution in [0, 0.1) is 0 Å². The summed E-state index contributed by atoms with van der Waals surface area (Å²) in [5.74, 6) is 0.447. The average Bonchev–Trinajstić information content (AvgIpc) is 2.73. The highest BCUT2D eigenvalue weighted by atomic mass is 32.2. The van der Waals surface area contributed by atoms with Gasteiger partial charge in [0.1, 0.15) is 5.78 Å². The van der Waals surface area contributed by atoms with Crippen molar-refractivity contribution >= 4 is 21.3 Å². The van der Waals surface area contributed by atoms with Crippen LogP contribution < -0.4 is 4.90 Å². The minimum absolute atomic E-state index is 0.223. The molecule has 0 aliphatic carbocycles. The zero-order valence-electron chi connectivity index (χ0n) is 18.1. The second kappa shape index (κ2) is 10.3. The zero-order chi connectivity index (χ0) is 21.6. The number of sulfone groups is 1. The summed E-state index contributed by atoms with van der Waals surface area (Å²) in [5.41, 5.74) is 5.08. The van der Waals surface area contributed by atoms with Crippen LogP contribution in [0.4, 0.5) is 5.69 Å². The van der Waals surface area contributed by atoms with Gasteiger partial charge in [-0.15, -0.1) is 0 Å². The van der Waals surface area contributed by atoms with Crippen molar-refractivity contribution in [1.82, 2.24) is 0 Å². The van der Waals surface area contributed by atoms with Crippen LogP contribution in [0.15, 0.2) is 48.5 Å². The molecule has 0 aromatic heterocycles. The van der Waals surface area contributed by atoms with E-state index in [1.807, 2.05) is 0 Å². The quantitative estimate of drug-likeness (QED) is 0.514. The van der Waals surface area contributed by atoms with Gasteiger partial charge >= 0.3 is 0 Å². The predicted octanol–water partition coefficient (Wildman–Crippen LogP) is 4.74. The molecule has 0 N–H and O–H groups in total. The number of anilines is 1. The molecule has 5 heteroatoms. The maximum absolute atomic E-state index is 12.3. The molecule has 162 valence electrons. The molecule has 0 bridgehead atoms. The van der Waals surface area contributed by atoms with E-state index in [1.165, 1.54) is 16.8 Å². The zero-order valence-corrected chi connectivity index (χ0v) is 19.0. The van der Waals surface area contributed by atoms with Gasteiger partial charge in [0, 0.05) is 31.6 Å². The van der Waals surface area contributed by atoms with Crippen LogP contribution in [0.1, 0.15) is 56.2 Å². The fourth-order valence-electron chi connectivity index (χ4n) is 3.89. The number of benzene rings is 2. The van der Waals surface area contributed by atoms with Crippen molar-refractivity contribution in [3.05, 3.63) is 65.2 Å². The molecule has 2 aromatic carbocycles. The molecule has 0 amide bonds. The summed E-state index contributed by atoms with van der Waals surface area (Å²) in [7, 11) is -2.97. The number of rotatable bonds is 10. The Morgan fingerprint density at radius 3 is 2.37 bits per heavy atom. The number of hydrogen-bond acceptors (Lipinski definition) is 4. The number of ketones is 1. The molecule has 0 radical (unpaired) electrons. The lowest BCUT2D eigenvalue weighted by atomic mass is 9.99. The van der Waals surface area contributed by atoms with Crippen molar-refractivity contribution < 1.29 is 13.2 Å². The predicted molar refractivity (Wildman–Crippen MR) is 124 cm³/mol. The van der Waals surface area contributed by atoms with Gasteiger partial charge in [0.25, 0.3) is 0 Å². The Morgan fingerprint density at radius 1 is 0.967 bits per heavy atom. The lowest BCUT2D eigenvalue weighted by Gasteiger charge is -2.30. The van der Waals surface area contributed by atoms with Crippen molar-refractivity contribution in [3.8, 4) is 0 Å². The van der Waals surface area contributed by atoms with Crippen LogP contribution in [0.3, 0.4) is 0 Å². The van der Waals surface area contributed by atoms with Crippen molar-refractivity contribution in [2.24, 2.45) is 0 Å². The van der Waals surface area contributed by atoms with Crippen molar-refractivity contribution in [3.63, 3.8) is 0 Å². The number of Topliss-reactive ketones (excluding diaryl/α,β-unsaturated/α-hetero) is 1. The third-order valence-corrected chi connectivity index (χ3v) is 8.23. The first-order valence-electron chi connectivity index (χ1n) is 11.0. The highest BCUT2D eigenvalue weighted by Gasteiger charge is 2.17. The van der Waals surface area contributed by atoms with Crippen molar-refractivity contribution in [1.29, 1.82) is 0 Å². The van der Waals surface area contributed by atoms with Gasteiger partial charge in [-0.3, -0.25) is 4.79 Å². The fraction of sp³-hybridized carbons (Fsp3) is 0.480. The third-order valence-electron chi connectivity index (χ3n) is 5.94. The highest BCUT2D eigenvalue weighted by molar-refractivity contribution is 7.91. The normalized spacial score (nSPS) is 14.0. The minimum Gasteiger partial charge on any atom is -0.367 e. The summed E-state index contributed by atoms with van der Waals surface area (Å²) in [6, 6.07) is 17.0. The van der Waals surface area contributed by atoms with Gasteiger partial charge in [0.2, 0.25) is 0 Å². The van der Waals surface area contributed by atoms with E-state index in [0.29, 0.717) is 19.3 Å². The number of nitrogens with zero attached hydrogens (tertiary/aromatic N) is 1. The Kier molecular flexibility index (Phi) is 7.70. The maximum Gasteiger partial charge on any atom is 0.152 e. The number of fused-ring (bicyclic) bond motifs is 1. The molecule has 1 heterocycles. The van der Waals surface area contributed by atoms with E-state index in [-0.39, 0.29) is 16.8 Å². The lowest BCUT2D eigenvalue weighted by molar-refractivity contribution is -0.118. The van der Waals surface area contributed by atoms with Crippen LogP contribution >= 0.6 is 0 Å². The number of unbranched alkanes of at least 4 members (excludes halogenated alkanes) is 2. The van der Waals surface area contributed by atoms with Gasteiger partial charge in [-0.05, 0) is 61.9 Å². The molecule has 0 atom stereocenters. The topological polar surface area (TPSA) is 54.5 Å². The largest absolute Gasteiger partial charge is 0.367 e. The Labute approximate surface area is 181 Å². The van der Waals surface area contributed by atoms with E-state index in [9.17, 15) is 13.2 Å². The summed E-state index contributed by atoms with van der Waals surface area (Å²) in [5, 5.41) is -0.318. The van der Waals surface area contributed by atoms with E-state index >= 15 is 0 Å². The molecule has 0 saturated heterocycles. The van der Waals surface area contributed by atoms with Crippen LogP contribution in [0.2, 0.25) is 0 Å². The smallest absolute Gasteiger partial charge is 0.152 e. The molecule has 0 saturated carbocycles. The van der Waals surface area contributed by atoms with Crippen LogP contribution in [-0.2, 0) is 34.0 Å². The lowest BCUT2D eigenvalue weighted by Crippen LogP contribution is -2.30. The molecule has 1 aliphatic rings. The number of carbonyl (C=O) groups excluding carboxylic acids is 1. The third kappa shape index (κ3) is 6.18. The highest BCUT2D eigenvalue weighted by Crippen LogP contribution is 2.24. The number of hydrogen-bond donors (Lipinski definition) is 0. The van der Waals surface area contributed by atoms with Gasteiger partial charge in [-0.25, -0.2) is 8.42 Å². The first-order valence-corrected chi connectivity index (χ1v) is 12.7. The van der Waals surface area contributed by atoms with E-state index in [1.54, 1.807) is 13.8 Å². The fourth-order valence-corrected chi connectivity index (χ4v) is 4.97. The number of carbonyl (C=O) groups is 1. The molecule has 0 fully saturated rings. The summed E-state index contributed by atoms with van der Waals surface area (Å²) < 4.78 is 23.6. The molecule has 3 rings (SSSR count). The summed E-state index contributed by atoms with van der Waals surface area (Å²) in [6.45, 7) is 5.38. The van der Waals surface area contributed by atoms with Gasteiger partial charge in [-0.2, -0.15) is 0 Å². The molecule has 1 aliphatic heterocycles. The molecule has 2 aromatic rings. The van der Waals surface area contributed by atoms with E-state index < -0.39 is 9.84 Å². The summed E-state index contributed by atoms with van der Waals surface area (Å²) in [6.07, 6.45) is 4.22. The SMILES string of the molecule is CC(C)S(=O)(=O)CCCCCC(=O)Cc1ccc(N2CCc3ccccc3C2)cc1. The average molecular weight is 428 g/mol. The summed E-state index contributed by atoms with van der Waals surface area (Å²) >= 11 is 0. The first kappa shape index (κ1) is 22.5. The van der Waals surface area contributed by atoms with Crippen molar-refractivity contribution in [2.45, 2.75) is 64.2 Å². The Bertz CT molecular complexity index is 949. The molecular weight excluding hydrogens is 394 g/mol. The van der Waals surface area contributed by atoms with Crippen LogP contribution in [0.25, 0.3) is 0 Å². The molecule has 0 spiro atoms. The Morgan fingerprint density at radius 2 is 1.67 bits per heavy atom. The summed E-state index contributed by atoms with van der Waals surface area (Å²) in [4.78, 5) is 14.7. The first-order chi connectivity index (χ1) is 14.3. The molecular formula is C25H33NO3S. The van der Waals surface area contributed by atoms with E-state index in [0.717, 1.165) is 37.9 Å². The monoisotopic (exact) mass is 427 g/mol. The Hall–Kier alpha value is -2.14. The van der Waals surface area contributed by atoms with Gasteiger partial charge in [-0.1, -0.05) is 42.8 Å². The van der Waals surface area contributed by atoms with Crippen LogP contribution in [-0.4, -0.2) is 31.7 Å². The minimum atomic E-state index is -2.97. The Balaban J connectivity index is 1.42. The van der Waals surface area contributed by atoms with Crippen LogP contribution in [0.5, 0.6) is 0 Å².